The molecule has 1 heterocycles. The van der Waals surface area contributed by atoms with Gasteiger partial charge in [-0.3, -0.25) is 4.79 Å². The van der Waals surface area contributed by atoms with Crippen molar-refractivity contribution in [2.45, 2.75) is 13.8 Å². The fourth-order valence-corrected chi connectivity index (χ4v) is 1.58. The first kappa shape index (κ1) is 11.0. The van der Waals surface area contributed by atoms with Crippen molar-refractivity contribution in [1.82, 2.24) is 5.32 Å². The lowest BCUT2D eigenvalue weighted by Gasteiger charge is -2.02. The Morgan fingerprint density at radius 1 is 1.64 bits per heavy atom. The van der Waals surface area contributed by atoms with Crippen molar-refractivity contribution in [1.29, 1.82) is 0 Å². The molecule has 0 aliphatic carbocycles. The van der Waals surface area contributed by atoms with Gasteiger partial charge in [0.15, 0.2) is 5.78 Å². The zero-order valence-electron chi connectivity index (χ0n) is 8.49. The fraction of sp³-hybridized carbons (Fsp3) is 0.364. The Bertz CT molecular complexity index is 301. The van der Waals surface area contributed by atoms with Crippen molar-refractivity contribution in [3.63, 3.8) is 0 Å². The number of thiophene rings is 1. The van der Waals surface area contributed by atoms with Crippen molar-refractivity contribution >= 4 is 17.1 Å². The number of hydrogen-bond acceptors (Lipinski definition) is 3. The number of nitrogens with one attached hydrogen (secondary N) is 1. The summed E-state index contributed by atoms with van der Waals surface area (Å²) in [4.78, 5) is 12.2. The summed E-state index contributed by atoms with van der Waals surface area (Å²) in [7, 11) is 0. The molecule has 1 aromatic rings. The maximum absolute atomic E-state index is 11.4. The van der Waals surface area contributed by atoms with Crippen molar-refractivity contribution in [2.75, 3.05) is 6.54 Å². The van der Waals surface area contributed by atoms with E-state index in [0.29, 0.717) is 5.92 Å². The van der Waals surface area contributed by atoms with Crippen LogP contribution in [0.2, 0.25) is 0 Å². The van der Waals surface area contributed by atoms with Crippen molar-refractivity contribution in [3.05, 3.63) is 34.7 Å². The van der Waals surface area contributed by atoms with Crippen LogP contribution in [0.15, 0.2) is 29.8 Å². The molecule has 2 nitrogen and oxygen atoms in total. The molecule has 0 radical (unpaired) electrons. The van der Waals surface area contributed by atoms with Crippen LogP contribution in [0.25, 0.3) is 0 Å². The second kappa shape index (κ2) is 5.60. The largest absolute Gasteiger partial charge is 0.391 e. The average molecular weight is 209 g/mol. The molecule has 0 unspecified atom stereocenters. The Labute approximate surface area is 88.6 Å². The SMILES string of the molecule is CC(C)CN/C=C/C(=O)c1cccs1. The molecule has 1 rings (SSSR count). The van der Waals surface area contributed by atoms with E-state index >= 15 is 0 Å². The molecule has 1 aromatic heterocycles. The zero-order chi connectivity index (χ0) is 10.4. The summed E-state index contributed by atoms with van der Waals surface area (Å²) < 4.78 is 0. The lowest BCUT2D eigenvalue weighted by atomic mass is 10.2. The minimum Gasteiger partial charge on any atom is -0.391 e. The molecule has 1 N–H and O–H groups in total. The first-order valence-electron chi connectivity index (χ1n) is 4.68. The smallest absolute Gasteiger partial charge is 0.197 e. The summed E-state index contributed by atoms with van der Waals surface area (Å²) in [5.74, 6) is 0.660. The summed E-state index contributed by atoms with van der Waals surface area (Å²) in [5, 5.41) is 4.99. The second-order valence-electron chi connectivity index (χ2n) is 3.48. The Morgan fingerprint density at radius 2 is 2.43 bits per heavy atom. The summed E-state index contributed by atoms with van der Waals surface area (Å²) >= 11 is 1.47. The van der Waals surface area contributed by atoms with Crippen LogP contribution < -0.4 is 5.32 Å². The van der Waals surface area contributed by atoms with Gasteiger partial charge in [0.1, 0.15) is 0 Å². The Morgan fingerprint density at radius 3 is 3.00 bits per heavy atom. The predicted molar refractivity (Wildman–Crippen MR) is 60.6 cm³/mol. The van der Waals surface area contributed by atoms with Gasteiger partial charge in [0.2, 0.25) is 0 Å². The minimum atomic E-state index is 0.0660. The van der Waals surface area contributed by atoms with Gasteiger partial charge in [-0.1, -0.05) is 19.9 Å². The fourth-order valence-electron chi connectivity index (χ4n) is 0.939. The maximum atomic E-state index is 11.4. The topological polar surface area (TPSA) is 29.1 Å². The van der Waals surface area contributed by atoms with Gasteiger partial charge < -0.3 is 5.32 Å². The van der Waals surface area contributed by atoms with Crippen LogP contribution in [0, 0.1) is 5.92 Å². The van der Waals surface area contributed by atoms with Gasteiger partial charge in [-0.05, 0) is 17.4 Å². The maximum Gasteiger partial charge on any atom is 0.197 e. The van der Waals surface area contributed by atoms with E-state index in [1.807, 2.05) is 17.5 Å². The van der Waals surface area contributed by atoms with Gasteiger partial charge in [-0.25, -0.2) is 0 Å². The van der Waals surface area contributed by atoms with Crippen LogP contribution in [0.4, 0.5) is 0 Å². The lowest BCUT2D eigenvalue weighted by Crippen LogP contribution is -2.13. The van der Waals surface area contributed by atoms with Crippen molar-refractivity contribution < 1.29 is 4.79 Å². The molecule has 76 valence electrons. The van der Waals surface area contributed by atoms with Crippen LogP contribution in [0.5, 0.6) is 0 Å². The highest BCUT2D eigenvalue weighted by atomic mass is 32.1. The molecule has 0 bridgehead atoms. The van der Waals surface area contributed by atoms with Gasteiger partial charge >= 0.3 is 0 Å². The minimum absolute atomic E-state index is 0.0660. The van der Waals surface area contributed by atoms with Crippen LogP contribution >= 0.6 is 11.3 Å². The molecule has 0 fully saturated rings. The summed E-state index contributed by atoms with van der Waals surface area (Å²) in [6.07, 6.45) is 3.30. The van der Waals surface area contributed by atoms with Gasteiger partial charge in [-0.2, -0.15) is 0 Å². The Hall–Kier alpha value is -1.09. The van der Waals surface area contributed by atoms with Crippen LogP contribution in [-0.4, -0.2) is 12.3 Å². The van der Waals surface area contributed by atoms with Crippen LogP contribution in [0.3, 0.4) is 0 Å². The molecule has 0 aliphatic rings. The highest BCUT2D eigenvalue weighted by Crippen LogP contribution is 2.09. The predicted octanol–water partition coefficient (Wildman–Crippen LogP) is 2.69. The average Bonchev–Trinajstić information content (AvgIpc) is 2.64. The van der Waals surface area contributed by atoms with Crippen LogP contribution in [0.1, 0.15) is 23.5 Å². The summed E-state index contributed by atoms with van der Waals surface area (Å²) in [6, 6.07) is 3.72. The van der Waals surface area contributed by atoms with E-state index in [4.69, 9.17) is 0 Å². The number of carbonyl (C=O) groups is 1. The molecular formula is C11H15NOS. The Balaban J connectivity index is 2.34. The van der Waals surface area contributed by atoms with Gasteiger partial charge in [-0.15, -0.1) is 11.3 Å². The summed E-state index contributed by atoms with van der Waals surface area (Å²) in [6.45, 7) is 5.15. The number of hydrogen-bond donors (Lipinski definition) is 1. The zero-order valence-corrected chi connectivity index (χ0v) is 9.30. The Kier molecular flexibility index (Phi) is 4.40. The van der Waals surface area contributed by atoms with Crippen LogP contribution in [-0.2, 0) is 0 Å². The normalized spacial score (nSPS) is 11.1. The highest BCUT2D eigenvalue weighted by molar-refractivity contribution is 7.12. The molecule has 0 amide bonds. The third-order valence-corrected chi connectivity index (χ3v) is 2.53. The van der Waals surface area contributed by atoms with E-state index in [1.54, 1.807) is 12.3 Å². The molecule has 14 heavy (non-hydrogen) atoms. The number of carbonyl (C=O) groups excluding carboxylic acids is 1. The summed E-state index contributed by atoms with van der Waals surface area (Å²) in [5.41, 5.74) is 0. The molecule has 0 saturated carbocycles. The van der Waals surface area contributed by atoms with E-state index in [0.717, 1.165) is 11.4 Å². The van der Waals surface area contributed by atoms with E-state index < -0.39 is 0 Å². The quantitative estimate of drug-likeness (QED) is 0.596. The molecule has 0 saturated heterocycles. The van der Waals surface area contributed by atoms with E-state index in [2.05, 4.69) is 19.2 Å². The number of allylic oxidation sites excluding steroid dienone is 1. The van der Waals surface area contributed by atoms with Gasteiger partial charge in [0.05, 0.1) is 4.88 Å². The van der Waals surface area contributed by atoms with E-state index in [-0.39, 0.29) is 5.78 Å². The number of rotatable bonds is 5. The first-order valence-corrected chi connectivity index (χ1v) is 5.56. The van der Waals surface area contributed by atoms with E-state index in [9.17, 15) is 4.79 Å². The first-order chi connectivity index (χ1) is 6.70. The molecular weight excluding hydrogens is 194 g/mol. The second-order valence-corrected chi connectivity index (χ2v) is 4.42. The lowest BCUT2D eigenvalue weighted by molar-refractivity contribution is 0.105. The molecule has 3 heteroatoms. The standard InChI is InChI=1S/C11H15NOS/c1-9(2)8-12-6-5-10(13)11-4-3-7-14-11/h3-7,9,12H,8H2,1-2H3/b6-5+. The van der Waals surface area contributed by atoms with Gasteiger partial charge in [0, 0.05) is 18.8 Å². The van der Waals surface area contributed by atoms with Crippen molar-refractivity contribution in [3.8, 4) is 0 Å². The monoisotopic (exact) mass is 209 g/mol. The third-order valence-electron chi connectivity index (χ3n) is 1.64. The molecule has 0 spiro atoms. The van der Waals surface area contributed by atoms with E-state index in [1.165, 1.54) is 11.3 Å². The molecule has 0 atom stereocenters. The van der Waals surface area contributed by atoms with Crippen molar-refractivity contribution in [2.24, 2.45) is 5.92 Å². The number of ketones is 1. The third kappa shape index (κ3) is 3.75. The molecule has 0 aromatic carbocycles. The molecule has 0 aliphatic heterocycles. The highest BCUT2D eigenvalue weighted by Gasteiger charge is 2.00. The van der Waals surface area contributed by atoms with Gasteiger partial charge in [0.25, 0.3) is 0 Å².